The Morgan fingerprint density at radius 2 is 1.68 bits per heavy atom. The predicted octanol–water partition coefficient (Wildman–Crippen LogP) is 6.57. The number of carbonyl (C=O) groups excluding carboxylic acids is 1. The molecule has 2 saturated carbocycles. The second kappa shape index (κ2) is 12.5. The van der Waals surface area contributed by atoms with Crippen LogP contribution >= 0.6 is 24.2 Å². The molecule has 1 aromatic carbocycles. The molecule has 4 nitrogen and oxygen atoms in total. The minimum atomic E-state index is -4.42. The van der Waals surface area contributed by atoms with E-state index in [4.69, 9.17) is 4.99 Å². The standard InChI is InChI=1S/C25H34F3N3OS.ClH/c26-25(27,28)22-14-8-7-9-18(22)16-29-23(32)15-21-17-33-24(30-19-10-3-1-4-11-19)31(21)20-12-5-2-6-13-20;/h7-9,14,19-21H,1-6,10-13,15-17H2,(H,29,32);1H. The van der Waals surface area contributed by atoms with Crippen molar-refractivity contribution < 1.29 is 18.0 Å². The average molecular weight is 518 g/mol. The van der Waals surface area contributed by atoms with Gasteiger partial charge in [0.2, 0.25) is 5.91 Å². The van der Waals surface area contributed by atoms with E-state index in [0.29, 0.717) is 18.5 Å². The van der Waals surface area contributed by atoms with Crippen LogP contribution in [0.1, 0.15) is 81.8 Å². The number of aliphatic imine (C=N–C) groups is 1. The molecule has 1 aliphatic heterocycles. The quantitative estimate of drug-likeness (QED) is 0.464. The molecule has 2 aliphatic carbocycles. The van der Waals surface area contributed by atoms with Gasteiger partial charge in [-0.15, -0.1) is 12.4 Å². The smallest absolute Gasteiger partial charge is 0.352 e. The Kier molecular flexibility index (Phi) is 10.0. The molecule has 1 N–H and O–H groups in total. The van der Waals surface area contributed by atoms with E-state index < -0.39 is 11.7 Å². The summed E-state index contributed by atoms with van der Waals surface area (Å²) in [5.41, 5.74) is -0.588. The van der Waals surface area contributed by atoms with Crippen molar-refractivity contribution in [3.63, 3.8) is 0 Å². The lowest BCUT2D eigenvalue weighted by molar-refractivity contribution is -0.138. The molecular formula is C25H35ClF3N3OS. The van der Waals surface area contributed by atoms with Gasteiger partial charge in [0, 0.05) is 30.8 Å². The number of alkyl halides is 3. The van der Waals surface area contributed by atoms with Gasteiger partial charge < -0.3 is 10.2 Å². The first-order valence-corrected chi connectivity index (χ1v) is 13.3. The van der Waals surface area contributed by atoms with Gasteiger partial charge in [0.1, 0.15) is 0 Å². The van der Waals surface area contributed by atoms with Crippen molar-refractivity contribution in [3.05, 3.63) is 35.4 Å². The topological polar surface area (TPSA) is 44.7 Å². The molecule has 0 bridgehead atoms. The van der Waals surface area contributed by atoms with Gasteiger partial charge >= 0.3 is 6.18 Å². The van der Waals surface area contributed by atoms with Gasteiger partial charge in [-0.1, -0.05) is 68.5 Å². The molecule has 9 heteroatoms. The van der Waals surface area contributed by atoms with E-state index in [1.54, 1.807) is 17.8 Å². The number of rotatable bonds is 6. The lowest BCUT2D eigenvalue weighted by atomic mass is 9.93. The molecule has 1 amide bonds. The molecular weight excluding hydrogens is 483 g/mol. The van der Waals surface area contributed by atoms with Gasteiger partial charge in [-0.2, -0.15) is 13.2 Å². The Morgan fingerprint density at radius 1 is 1.03 bits per heavy atom. The van der Waals surface area contributed by atoms with Crippen molar-refractivity contribution in [2.45, 2.75) is 101 Å². The Bertz CT molecular complexity index is 839. The van der Waals surface area contributed by atoms with Crippen LogP contribution in [0.4, 0.5) is 13.2 Å². The van der Waals surface area contributed by atoms with Gasteiger partial charge in [0.05, 0.1) is 11.6 Å². The Balaban J connectivity index is 0.00000324. The van der Waals surface area contributed by atoms with Crippen LogP contribution in [0.2, 0.25) is 0 Å². The van der Waals surface area contributed by atoms with Crippen LogP contribution in [-0.4, -0.2) is 39.9 Å². The number of thioether (sulfide) groups is 1. The van der Waals surface area contributed by atoms with Crippen molar-refractivity contribution in [2.24, 2.45) is 4.99 Å². The van der Waals surface area contributed by atoms with Crippen LogP contribution in [0.15, 0.2) is 29.3 Å². The van der Waals surface area contributed by atoms with E-state index in [0.717, 1.165) is 42.7 Å². The normalized spacial score (nSPS) is 23.7. The van der Waals surface area contributed by atoms with Crippen molar-refractivity contribution in [2.75, 3.05) is 5.75 Å². The minimum absolute atomic E-state index is 0. The summed E-state index contributed by atoms with van der Waals surface area (Å²) in [5, 5.41) is 3.83. The number of halogens is 4. The van der Waals surface area contributed by atoms with Gasteiger partial charge in [-0.05, 0) is 37.3 Å². The maximum atomic E-state index is 13.3. The Labute approximate surface area is 210 Å². The number of nitrogens with zero attached hydrogens (tertiary/aromatic N) is 2. The fourth-order valence-electron chi connectivity index (χ4n) is 5.35. The molecule has 1 aromatic rings. The third kappa shape index (κ3) is 7.06. The summed E-state index contributed by atoms with van der Waals surface area (Å²) in [6.45, 7) is -0.110. The lowest BCUT2D eigenvalue weighted by Gasteiger charge is -2.37. The molecule has 1 unspecified atom stereocenters. The maximum absolute atomic E-state index is 13.3. The van der Waals surface area contributed by atoms with Crippen LogP contribution in [0.3, 0.4) is 0 Å². The summed E-state index contributed by atoms with van der Waals surface area (Å²) in [4.78, 5) is 20.3. The first-order chi connectivity index (χ1) is 15.9. The van der Waals surface area contributed by atoms with Crippen LogP contribution in [0.25, 0.3) is 0 Å². The fourth-order valence-corrected chi connectivity index (χ4v) is 6.64. The van der Waals surface area contributed by atoms with Crippen LogP contribution < -0.4 is 5.32 Å². The average Bonchev–Trinajstić information content (AvgIpc) is 3.20. The summed E-state index contributed by atoms with van der Waals surface area (Å²) in [6, 6.07) is 6.30. The number of amidine groups is 1. The Morgan fingerprint density at radius 3 is 2.35 bits per heavy atom. The van der Waals surface area contributed by atoms with Crippen molar-refractivity contribution in [1.82, 2.24) is 10.2 Å². The zero-order valence-corrected chi connectivity index (χ0v) is 21.1. The van der Waals surface area contributed by atoms with Crippen LogP contribution in [-0.2, 0) is 17.5 Å². The minimum Gasteiger partial charge on any atom is -0.352 e. The molecule has 1 atom stereocenters. The number of hydrogen-bond donors (Lipinski definition) is 1. The summed E-state index contributed by atoms with van der Waals surface area (Å²) in [5.74, 6) is 0.617. The van der Waals surface area contributed by atoms with Gasteiger partial charge in [0.15, 0.2) is 5.17 Å². The van der Waals surface area contributed by atoms with Gasteiger partial charge in [0.25, 0.3) is 0 Å². The fraction of sp³-hybridized carbons (Fsp3) is 0.680. The van der Waals surface area contributed by atoms with Gasteiger partial charge in [-0.25, -0.2) is 0 Å². The highest BCUT2D eigenvalue weighted by Crippen LogP contribution is 2.36. The van der Waals surface area contributed by atoms with E-state index in [1.807, 2.05) is 0 Å². The lowest BCUT2D eigenvalue weighted by Crippen LogP contribution is -2.45. The summed E-state index contributed by atoms with van der Waals surface area (Å²) < 4.78 is 39.8. The zero-order chi connectivity index (χ0) is 23.3. The number of nitrogens with one attached hydrogen (secondary N) is 1. The number of benzene rings is 1. The SMILES string of the molecule is Cl.O=C(CC1CSC(=NC2CCCCC2)N1C1CCCCC1)NCc1ccccc1C(F)(F)F. The summed E-state index contributed by atoms with van der Waals surface area (Å²) >= 11 is 1.76. The molecule has 1 heterocycles. The first kappa shape index (κ1) is 27.2. The van der Waals surface area contributed by atoms with Gasteiger partial charge in [-0.3, -0.25) is 9.79 Å². The van der Waals surface area contributed by atoms with Crippen LogP contribution in [0, 0.1) is 0 Å². The molecule has 34 heavy (non-hydrogen) atoms. The highest BCUT2D eigenvalue weighted by Gasteiger charge is 2.38. The largest absolute Gasteiger partial charge is 0.416 e. The molecule has 0 spiro atoms. The van der Waals surface area contributed by atoms with E-state index in [1.165, 1.54) is 50.7 Å². The Hall–Kier alpha value is -1.41. The highest BCUT2D eigenvalue weighted by molar-refractivity contribution is 8.14. The highest BCUT2D eigenvalue weighted by atomic mass is 35.5. The second-order valence-corrected chi connectivity index (χ2v) is 10.5. The molecule has 4 rings (SSSR count). The van der Waals surface area contributed by atoms with E-state index >= 15 is 0 Å². The van der Waals surface area contributed by atoms with Crippen molar-refractivity contribution in [1.29, 1.82) is 0 Å². The predicted molar refractivity (Wildman–Crippen MR) is 134 cm³/mol. The molecule has 3 fully saturated rings. The van der Waals surface area contributed by atoms with Crippen LogP contribution in [0.5, 0.6) is 0 Å². The summed E-state index contributed by atoms with van der Waals surface area (Å²) in [7, 11) is 0. The van der Waals surface area contributed by atoms with E-state index in [2.05, 4.69) is 10.2 Å². The van der Waals surface area contributed by atoms with E-state index in [-0.39, 0.29) is 36.5 Å². The zero-order valence-electron chi connectivity index (χ0n) is 19.5. The molecule has 1 saturated heterocycles. The molecule has 0 aromatic heterocycles. The second-order valence-electron chi connectivity index (χ2n) is 9.50. The third-order valence-electron chi connectivity index (χ3n) is 7.07. The van der Waals surface area contributed by atoms with Crippen molar-refractivity contribution >= 4 is 35.2 Å². The molecule has 0 radical (unpaired) electrons. The molecule has 190 valence electrons. The maximum Gasteiger partial charge on any atom is 0.416 e. The monoisotopic (exact) mass is 517 g/mol. The number of carbonyl (C=O) groups is 1. The number of amides is 1. The third-order valence-corrected chi connectivity index (χ3v) is 8.20. The molecule has 3 aliphatic rings. The first-order valence-electron chi connectivity index (χ1n) is 12.3. The number of hydrogen-bond acceptors (Lipinski definition) is 3. The van der Waals surface area contributed by atoms with E-state index in [9.17, 15) is 18.0 Å². The van der Waals surface area contributed by atoms with Crippen molar-refractivity contribution in [3.8, 4) is 0 Å². The summed E-state index contributed by atoms with van der Waals surface area (Å²) in [6.07, 6.45) is 7.85.